The van der Waals surface area contributed by atoms with Crippen molar-refractivity contribution in [2.75, 3.05) is 17.1 Å². The molecular weight excluding hydrogens is 659 g/mol. The number of nitrogens with zero attached hydrogens (tertiary/aromatic N) is 2. The van der Waals surface area contributed by atoms with Crippen molar-refractivity contribution in [3.63, 3.8) is 0 Å². The Morgan fingerprint density at radius 2 is 1.61 bits per heavy atom. The van der Waals surface area contributed by atoms with Crippen molar-refractivity contribution in [2.45, 2.75) is 64.3 Å². The van der Waals surface area contributed by atoms with Crippen LogP contribution in [0.1, 0.15) is 49.8 Å². The summed E-state index contributed by atoms with van der Waals surface area (Å²) in [5.41, 5.74) is 0.531. The van der Waals surface area contributed by atoms with Crippen LogP contribution in [0.2, 0.25) is 0 Å². The van der Waals surface area contributed by atoms with Gasteiger partial charge in [0.05, 0.1) is 17.5 Å². The van der Waals surface area contributed by atoms with Gasteiger partial charge in [-0.05, 0) is 61.2 Å². The summed E-state index contributed by atoms with van der Waals surface area (Å²) in [5, 5.41) is 2.99. The third-order valence-electron chi connectivity index (χ3n) is 7.15. The Bertz CT molecular complexity index is 1500. The first kappa shape index (κ1) is 35.1. The summed E-state index contributed by atoms with van der Waals surface area (Å²) in [7, 11) is -3.97. The van der Waals surface area contributed by atoms with E-state index in [0.29, 0.717) is 6.42 Å². The van der Waals surface area contributed by atoms with E-state index in [1.165, 1.54) is 11.0 Å². The number of hydrogen-bond acceptors (Lipinski definition) is 4. The summed E-state index contributed by atoms with van der Waals surface area (Å²) in [6.45, 7) is 3.73. The van der Waals surface area contributed by atoms with Gasteiger partial charge in [-0.15, -0.1) is 0 Å². The molecular formula is C32H37BrF3N3O4S. The number of sulfonamides is 1. The molecule has 3 aromatic carbocycles. The van der Waals surface area contributed by atoms with Crippen LogP contribution in [0.3, 0.4) is 0 Å². The second-order valence-corrected chi connectivity index (χ2v) is 13.5. The van der Waals surface area contributed by atoms with E-state index in [4.69, 9.17) is 0 Å². The fourth-order valence-electron chi connectivity index (χ4n) is 4.62. The number of benzene rings is 3. The van der Waals surface area contributed by atoms with Crippen molar-refractivity contribution in [1.29, 1.82) is 0 Å². The molecule has 1 N–H and O–H groups in total. The molecule has 0 heterocycles. The number of hydrogen-bond donors (Lipinski definition) is 1. The van der Waals surface area contributed by atoms with Crippen LogP contribution in [0.15, 0.2) is 83.3 Å². The maximum absolute atomic E-state index is 13.9. The van der Waals surface area contributed by atoms with Crippen LogP contribution in [-0.2, 0) is 38.8 Å². The zero-order chi connectivity index (χ0) is 32.5. The van der Waals surface area contributed by atoms with E-state index < -0.39 is 27.8 Å². The average molecular weight is 697 g/mol. The summed E-state index contributed by atoms with van der Waals surface area (Å²) in [6.07, 6.45) is -2.91. The Kier molecular flexibility index (Phi) is 12.4. The van der Waals surface area contributed by atoms with Gasteiger partial charge in [0.2, 0.25) is 21.8 Å². The zero-order valence-electron chi connectivity index (χ0n) is 24.9. The van der Waals surface area contributed by atoms with Crippen molar-refractivity contribution >= 4 is 43.5 Å². The zero-order valence-corrected chi connectivity index (χ0v) is 27.3. The maximum Gasteiger partial charge on any atom is 0.416 e. The van der Waals surface area contributed by atoms with Gasteiger partial charge in [0, 0.05) is 36.4 Å². The number of halogens is 4. The molecule has 0 aromatic heterocycles. The molecule has 0 saturated heterocycles. The lowest BCUT2D eigenvalue weighted by atomic mass is 10.0. The molecule has 3 rings (SSSR count). The van der Waals surface area contributed by atoms with E-state index in [1.807, 2.05) is 68.4 Å². The molecule has 0 unspecified atom stereocenters. The fraction of sp³-hybridized carbons (Fsp3) is 0.375. The highest BCUT2D eigenvalue weighted by Gasteiger charge is 2.33. The van der Waals surface area contributed by atoms with Gasteiger partial charge in [0.1, 0.15) is 6.04 Å². The third-order valence-corrected chi connectivity index (χ3v) is 8.87. The summed E-state index contributed by atoms with van der Waals surface area (Å²) in [4.78, 5) is 29.0. The number of carbonyl (C=O) groups is 2. The molecule has 0 fully saturated rings. The topological polar surface area (TPSA) is 86.8 Å². The summed E-state index contributed by atoms with van der Waals surface area (Å²) in [5.74, 6) is -0.693. The van der Waals surface area contributed by atoms with Gasteiger partial charge >= 0.3 is 6.18 Å². The molecule has 2 atom stereocenters. The van der Waals surface area contributed by atoms with E-state index >= 15 is 0 Å². The minimum atomic E-state index is -4.65. The molecule has 0 spiro atoms. The van der Waals surface area contributed by atoms with Crippen molar-refractivity contribution in [3.8, 4) is 0 Å². The van der Waals surface area contributed by atoms with Gasteiger partial charge in [-0.2, -0.15) is 13.2 Å². The Balaban J connectivity index is 1.90. The first-order valence-corrected chi connectivity index (χ1v) is 16.9. The molecule has 0 bridgehead atoms. The Hall–Kier alpha value is -3.38. The summed E-state index contributed by atoms with van der Waals surface area (Å²) >= 11 is 3.41. The standard InChI is InChI=1S/C32H37BrF3N3O4S/c1-4-23(2)37-31(41)29(20-24-10-6-5-7-11-24)38(22-25-15-17-27(33)18-16-25)30(40)14-9-19-39(44(3,42)43)28-13-8-12-26(21-28)32(34,35)36/h5-8,10-13,15-18,21,23,29H,4,9,14,19-20,22H2,1-3H3,(H,37,41)/t23-,29+/m0/s1. The molecule has 7 nitrogen and oxygen atoms in total. The molecule has 0 aliphatic carbocycles. The molecule has 0 saturated carbocycles. The van der Waals surface area contributed by atoms with E-state index in [9.17, 15) is 31.2 Å². The highest BCUT2D eigenvalue weighted by atomic mass is 79.9. The largest absolute Gasteiger partial charge is 0.416 e. The van der Waals surface area contributed by atoms with Crippen LogP contribution in [0.4, 0.5) is 18.9 Å². The molecule has 0 aliphatic rings. The number of amides is 2. The minimum absolute atomic E-state index is 0.0179. The predicted octanol–water partition coefficient (Wildman–Crippen LogP) is 6.57. The number of carbonyl (C=O) groups excluding carboxylic acids is 2. The first-order chi connectivity index (χ1) is 20.7. The molecule has 0 radical (unpaired) electrons. The number of rotatable bonds is 14. The van der Waals surface area contributed by atoms with Crippen LogP contribution in [0.5, 0.6) is 0 Å². The number of alkyl halides is 3. The normalized spacial score (nSPS) is 13.2. The van der Waals surface area contributed by atoms with Crippen molar-refractivity contribution in [1.82, 2.24) is 10.2 Å². The lowest BCUT2D eigenvalue weighted by molar-refractivity contribution is -0.141. The van der Waals surface area contributed by atoms with Crippen molar-refractivity contribution in [2.24, 2.45) is 0 Å². The first-order valence-electron chi connectivity index (χ1n) is 14.2. The van der Waals surface area contributed by atoms with E-state index in [2.05, 4.69) is 21.2 Å². The summed E-state index contributed by atoms with van der Waals surface area (Å²) in [6, 6.07) is 19.8. The van der Waals surface area contributed by atoms with Crippen LogP contribution in [-0.4, -0.2) is 50.0 Å². The highest BCUT2D eigenvalue weighted by molar-refractivity contribution is 9.10. The molecule has 2 amide bonds. The van der Waals surface area contributed by atoms with E-state index in [0.717, 1.165) is 44.4 Å². The second-order valence-electron chi connectivity index (χ2n) is 10.7. The summed E-state index contributed by atoms with van der Waals surface area (Å²) < 4.78 is 66.9. The minimum Gasteiger partial charge on any atom is -0.352 e. The maximum atomic E-state index is 13.9. The Morgan fingerprint density at radius 3 is 2.20 bits per heavy atom. The van der Waals surface area contributed by atoms with Gasteiger partial charge < -0.3 is 10.2 Å². The highest BCUT2D eigenvalue weighted by Crippen LogP contribution is 2.32. The van der Waals surface area contributed by atoms with Crippen LogP contribution in [0.25, 0.3) is 0 Å². The van der Waals surface area contributed by atoms with Gasteiger partial charge in [0.25, 0.3) is 0 Å². The van der Waals surface area contributed by atoms with Crippen LogP contribution >= 0.6 is 15.9 Å². The predicted molar refractivity (Wildman–Crippen MR) is 169 cm³/mol. The van der Waals surface area contributed by atoms with Crippen LogP contribution in [0, 0.1) is 0 Å². The SMILES string of the molecule is CC[C@H](C)NC(=O)[C@@H](Cc1ccccc1)N(Cc1ccc(Br)cc1)C(=O)CCCN(c1cccc(C(F)(F)F)c1)S(C)(=O)=O. The lowest BCUT2D eigenvalue weighted by Crippen LogP contribution is -2.52. The molecule has 3 aromatic rings. The second kappa shape index (κ2) is 15.6. The van der Waals surface area contributed by atoms with Crippen LogP contribution < -0.4 is 9.62 Å². The van der Waals surface area contributed by atoms with Gasteiger partial charge in [-0.25, -0.2) is 8.42 Å². The lowest BCUT2D eigenvalue weighted by Gasteiger charge is -2.32. The molecule has 44 heavy (non-hydrogen) atoms. The van der Waals surface area contributed by atoms with Gasteiger partial charge in [-0.3, -0.25) is 13.9 Å². The molecule has 238 valence electrons. The third kappa shape index (κ3) is 10.4. The van der Waals surface area contributed by atoms with Gasteiger partial charge in [0.15, 0.2) is 0 Å². The monoisotopic (exact) mass is 695 g/mol. The van der Waals surface area contributed by atoms with E-state index in [1.54, 1.807) is 0 Å². The van der Waals surface area contributed by atoms with E-state index in [-0.39, 0.29) is 55.9 Å². The Labute approximate surface area is 265 Å². The fourth-order valence-corrected chi connectivity index (χ4v) is 5.84. The average Bonchev–Trinajstić information content (AvgIpc) is 2.97. The van der Waals surface area contributed by atoms with Crippen molar-refractivity contribution < 1.29 is 31.2 Å². The number of anilines is 1. The number of nitrogens with one attached hydrogen (secondary N) is 1. The molecule has 12 heteroatoms. The van der Waals surface area contributed by atoms with Crippen molar-refractivity contribution in [3.05, 3.63) is 100 Å². The molecule has 0 aliphatic heterocycles. The quantitative estimate of drug-likeness (QED) is 0.207. The smallest absolute Gasteiger partial charge is 0.352 e. The Morgan fingerprint density at radius 1 is 0.955 bits per heavy atom. The van der Waals surface area contributed by atoms with Gasteiger partial charge in [-0.1, -0.05) is 71.4 Å².